The summed E-state index contributed by atoms with van der Waals surface area (Å²) in [5.41, 5.74) is 7.07. The average molecular weight is 205 g/mol. The van der Waals surface area contributed by atoms with Crippen molar-refractivity contribution in [3.05, 3.63) is 35.4 Å². The first-order valence-electron chi connectivity index (χ1n) is 5.67. The molecule has 1 unspecified atom stereocenters. The number of hydrogen-bond donors (Lipinski definition) is 2. The fraction of sp³-hybridized carbons (Fsp3) is 0.538. The lowest BCUT2D eigenvalue weighted by Gasteiger charge is -2.40. The highest BCUT2D eigenvalue weighted by atomic mass is 16.3. The fourth-order valence-electron chi connectivity index (χ4n) is 2.38. The zero-order valence-corrected chi connectivity index (χ0v) is 9.24. The molecule has 1 aromatic carbocycles. The molecule has 2 rings (SSSR count). The first-order valence-corrected chi connectivity index (χ1v) is 5.67. The topological polar surface area (TPSA) is 46.2 Å². The number of nitrogens with two attached hydrogens (primary N) is 1. The molecule has 1 saturated carbocycles. The molecule has 3 N–H and O–H groups in total. The summed E-state index contributed by atoms with van der Waals surface area (Å²) in [5.74, 6) is 0.408. The number of rotatable bonds is 3. The molecule has 1 aliphatic rings. The van der Waals surface area contributed by atoms with Crippen LogP contribution in [-0.4, -0.2) is 5.11 Å². The van der Waals surface area contributed by atoms with Gasteiger partial charge in [-0.2, -0.15) is 0 Å². The van der Waals surface area contributed by atoms with E-state index >= 15 is 0 Å². The molecule has 0 amide bonds. The van der Waals surface area contributed by atoms with Gasteiger partial charge in [-0.1, -0.05) is 30.7 Å². The van der Waals surface area contributed by atoms with Crippen LogP contribution >= 0.6 is 0 Å². The molecule has 0 radical (unpaired) electrons. The smallest absolute Gasteiger partial charge is 0.0899 e. The summed E-state index contributed by atoms with van der Waals surface area (Å²) < 4.78 is 0. The summed E-state index contributed by atoms with van der Waals surface area (Å²) in [5, 5.41) is 10.6. The molecule has 15 heavy (non-hydrogen) atoms. The highest BCUT2D eigenvalue weighted by Gasteiger charge is 2.38. The van der Waals surface area contributed by atoms with E-state index in [0.29, 0.717) is 12.5 Å². The van der Waals surface area contributed by atoms with Crippen molar-refractivity contribution >= 4 is 0 Å². The maximum Gasteiger partial charge on any atom is 0.0899 e. The van der Waals surface area contributed by atoms with Crippen LogP contribution in [0.1, 0.15) is 37.3 Å². The van der Waals surface area contributed by atoms with Crippen LogP contribution < -0.4 is 5.73 Å². The van der Waals surface area contributed by atoms with Crippen LogP contribution in [0.25, 0.3) is 0 Å². The molecular weight excluding hydrogens is 186 g/mol. The third-order valence-electron chi connectivity index (χ3n) is 3.68. The van der Waals surface area contributed by atoms with Crippen LogP contribution in [0.2, 0.25) is 0 Å². The van der Waals surface area contributed by atoms with E-state index in [2.05, 4.69) is 0 Å². The second-order valence-corrected chi connectivity index (χ2v) is 4.64. The predicted molar refractivity (Wildman–Crippen MR) is 61.2 cm³/mol. The summed E-state index contributed by atoms with van der Waals surface area (Å²) in [6.45, 7) is 2.42. The summed E-state index contributed by atoms with van der Waals surface area (Å²) in [6.07, 6.45) is 3.50. The van der Waals surface area contributed by atoms with Gasteiger partial charge in [-0.3, -0.25) is 0 Å². The molecule has 0 aromatic heterocycles. The molecule has 1 aliphatic carbocycles. The summed E-state index contributed by atoms with van der Waals surface area (Å²) >= 11 is 0. The van der Waals surface area contributed by atoms with Crippen molar-refractivity contribution in [1.82, 2.24) is 0 Å². The molecule has 2 nitrogen and oxygen atoms in total. The number of hydrogen-bond acceptors (Lipinski definition) is 2. The summed E-state index contributed by atoms with van der Waals surface area (Å²) in [7, 11) is 0. The molecule has 82 valence electrons. The molecule has 0 spiro atoms. The number of benzene rings is 1. The molecule has 2 heteroatoms. The number of aliphatic hydroxyl groups is 1. The molecule has 1 aromatic rings. The van der Waals surface area contributed by atoms with E-state index in [1.54, 1.807) is 0 Å². The predicted octanol–water partition coefficient (Wildman–Crippen LogP) is 2.15. The molecule has 1 fully saturated rings. The summed E-state index contributed by atoms with van der Waals surface area (Å²) in [6, 6.07) is 7.95. The van der Waals surface area contributed by atoms with Gasteiger partial charge in [0.15, 0.2) is 0 Å². The Balaban J connectivity index is 2.34. The maximum absolute atomic E-state index is 10.6. The van der Waals surface area contributed by atoms with Crippen LogP contribution in [0.4, 0.5) is 0 Å². The van der Waals surface area contributed by atoms with E-state index in [-0.39, 0.29) is 0 Å². The van der Waals surface area contributed by atoms with Crippen molar-refractivity contribution < 1.29 is 5.11 Å². The highest BCUT2D eigenvalue weighted by Crippen LogP contribution is 2.42. The molecule has 0 bridgehead atoms. The van der Waals surface area contributed by atoms with Gasteiger partial charge in [-0.15, -0.1) is 0 Å². The van der Waals surface area contributed by atoms with Crippen molar-refractivity contribution in [2.75, 3.05) is 0 Å². The van der Waals surface area contributed by atoms with E-state index in [1.165, 1.54) is 6.42 Å². The average Bonchev–Trinajstić information content (AvgIpc) is 2.14. The largest absolute Gasteiger partial charge is 0.385 e. The van der Waals surface area contributed by atoms with Crippen molar-refractivity contribution in [2.24, 2.45) is 11.7 Å². The Labute approximate surface area is 91.1 Å². The minimum atomic E-state index is -0.700. The second kappa shape index (κ2) is 3.95. The third-order valence-corrected chi connectivity index (χ3v) is 3.68. The Bertz CT molecular complexity index is 342. The van der Waals surface area contributed by atoms with E-state index in [0.717, 1.165) is 24.0 Å². The van der Waals surface area contributed by atoms with Crippen LogP contribution in [0.3, 0.4) is 0 Å². The SMILES string of the molecule is CC(O)(c1ccccc1CN)C1CCC1. The third kappa shape index (κ3) is 1.80. The zero-order chi connectivity index (χ0) is 10.9. The first-order chi connectivity index (χ1) is 7.16. The Kier molecular flexibility index (Phi) is 2.81. The lowest BCUT2D eigenvalue weighted by Crippen LogP contribution is -2.37. The van der Waals surface area contributed by atoms with Gasteiger partial charge in [0.05, 0.1) is 5.60 Å². The van der Waals surface area contributed by atoms with Crippen molar-refractivity contribution in [2.45, 2.75) is 38.3 Å². The van der Waals surface area contributed by atoms with Gasteiger partial charge in [0.1, 0.15) is 0 Å². The van der Waals surface area contributed by atoms with Gasteiger partial charge in [0.2, 0.25) is 0 Å². The minimum Gasteiger partial charge on any atom is -0.385 e. The van der Waals surface area contributed by atoms with E-state index in [4.69, 9.17) is 5.73 Å². The van der Waals surface area contributed by atoms with Crippen LogP contribution in [0, 0.1) is 5.92 Å². The lowest BCUT2D eigenvalue weighted by molar-refractivity contribution is -0.0405. The monoisotopic (exact) mass is 205 g/mol. The minimum absolute atomic E-state index is 0.408. The van der Waals surface area contributed by atoms with E-state index in [9.17, 15) is 5.11 Å². The Morgan fingerprint density at radius 3 is 2.60 bits per heavy atom. The zero-order valence-electron chi connectivity index (χ0n) is 9.24. The van der Waals surface area contributed by atoms with Crippen LogP contribution in [-0.2, 0) is 12.1 Å². The van der Waals surface area contributed by atoms with Crippen molar-refractivity contribution in [3.63, 3.8) is 0 Å². The lowest BCUT2D eigenvalue weighted by atomic mass is 9.70. The highest BCUT2D eigenvalue weighted by molar-refractivity contribution is 5.32. The normalized spacial score (nSPS) is 20.7. The van der Waals surface area contributed by atoms with Gasteiger partial charge in [-0.25, -0.2) is 0 Å². The molecule has 1 atom stereocenters. The molecule has 0 heterocycles. The quantitative estimate of drug-likeness (QED) is 0.794. The Morgan fingerprint density at radius 1 is 1.40 bits per heavy atom. The van der Waals surface area contributed by atoms with Gasteiger partial charge >= 0.3 is 0 Å². The molecule has 0 saturated heterocycles. The Morgan fingerprint density at radius 2 is 2.07 bits per heavy atom. The second-order valence-electron chi connectivity index (χ2n) is 4.64. The van der Waals surface area contributed by atoms with E-state index < -0.39 is 5.60 Å². The van der Waals surface area contributed by atoms with Crippen LogP contribution in [0.5, 0.6) is 0 Å². The standard InChI is InChI=1S/C13H19NO/c1-13(15,11-6-4-7-11)12-8-3-2-5-10(12)9-14/h2-3,5,8,11,15H,4,6-7,9,14H2,1H3. The Hall–Kier alpha value is -0.860. The summed E-state index contributed by atoms with van der Waals surface area (Å²) in [4.78, 5) is 0. The fourth-order valence-corrected chi connectivity index (χ4v) is 2.38. The van der Waals surface area contributed by atoms with E-state index in [1.807, 2.05) is 31.2 Å². The molecular formula is C13H19NO. The van der Waals surface area contributed by atoms with Gasteiger partial charge in [-0.05, 0) is 36.8 Å². The molecule has 0 aliphatic heterocycles. The van der Waals surface area contributed by atoms with Crippen molar-refractivity contribution in [3.8, 4) is 0 Å². The first kappa shape index (κ1) is 10.7. The van der Waals surface area contributed by atoms with Gasteiger partial charge in [0.25, 0.3) is 0 Å². The maximum atomic E-state index is 10.6. The van der Waals surface area contributed by atoms with Crippen LogP contribution in [0.15, 0.2) is 24.3 Å². The van der Waals surface area contributed by atoms with Gasteiger partial charge in [0, 0.05) is 6.54 Å². The van der Waals surface area contributed by atoms with Crippen molar-refractivity contribution in [1.29, 1.82) is 0 Å². The van der Waals surface area contributed by atoms with Gasteiger partial charge < -0.3 is 10.8 Å².